The van der Waals surface area contributed by atoms with Gasteiger partial charge in [0.2, 0.25) is 5.91 Å². The number of benzene rings is 1. The van der Waals surface area contributed by atoms with Crippen molar-refractivity contribution >= 4 is 38.4 Å². The summed E-state index contributed by atoms with van der Waals surface area (Å²) in [6.07, 6.45) is 0. The molecule has 6 nitrogen and oxygen atoms in total. The van der Waals surface area contributed by atoms with Crippen molar-refractivity contribution in [2.24, 2.45) is 4.99 Å². The zero-order valence-corrected chi connectivity index (χ0v) is 14.6. The van der Waals surface area contributed by atoms with Crippen LogP contribution in [0.25, 0.3) is 0 Å². The van der Waals surface area contributed by atoms with Crippen molar-refractivity contribution in [1.29, 1.82) is 0 Å². The highest BCUT2D eigenvalue weighted by Crippen LogP contribution is 2.41. The van der Waals surface area contributed by atoms with Gasteiger partial charge < -0.3 is 9.64 Å². The molecule has 0 N–H and O–H groups in total. The molecule has 0 saturated carbocycles. The molecule has 0 radical (unpaired) electrons. The number of hydrogen-bond donors (Lipinski definition) is 0. The Labute approximate surface area is 139 Å². The standard InChI is InChI=1S/C15H18N2O4S2/c1-3-21-12-6-4-11(5-7-12)17-13-8-23(19,20)9-14(13)22-15(17)16-10(2)18/h4-7,13-14H,3,8-9H2,1-2H3/t13-,14-/m1/s1. The van der Waals surface area contributed by atoms with Gasteiger partial charge in [0.25, 0.3) is 0 Å². The van der Waals surface area contributed by atoms with Crippen molar-refractivity contribution in [3.8, 4) is 5.75 Å². The molecule has 1 aromatic carbocycles. The van der Waals surface area contributed by atoms with Gasteiger partial charge in [-0.25, -0.2) is 8.42 Å². The molecule has 0 spiro atoms. The van der Waals surface area contributed by atoms with Crippen molar-refractivity contribution in [3.63, 3.8) is 0 Å². The number of thioether (sulfide) groups is 1. The fourth-order valence-electron chi connectivity index (χ4n) is 2.87. The maximum atomic E-state index is 11.9. The maximum absolute atomic E-state index is 11.9. The number of hydrogen-bond acceptors (Lipinski definition) is 5. The van der Waals surface area contributed by atoms with Crippen LogP contribution in [-0.2, 0) is 14.6 Å². The second kappa shape index (κ2) is 6.16. The molecule has 2 aliphatic rings. The first-order valence-corrected chi connectivity index (χ1v) is 10.1. The summed E-state index contributed by atoms with van der Waals surface area (Å²) in [7, 11) is -3.04. The summed E-state index contributed by atoms with van der Waals surface area (Å²) in [4.78, 5) is 17.3. The summed E-state index contributed by atoms with van der Waals surface area (Å²) in [5, 5.41) is 0.497. The molecule has 0 unspecified atom stereocenters. The Morgan fingerprint density at radius 1 is 1.35 bits per heavy atom. The number of aliphatic imine (C=N–C) groups is 1. The van der Waals surface area contributed by atoms with Crippen LogP contribution in [0.4, 0.5) is 5.69 Å². The Morgan fingerprint density at radius 2 is 2.04 bits per heavy atom. The summed E-state index contributed by atoms with van der Waals surface area (Å²) in [6.45, 7) is 3.89. The summed E-state index contributed by atoms with van der Waals surface area (Å²) in [5.74, 6) is 0.691. The molecule has 2 fully saturated rings. The van der Waals surface area contributed by atoms with E-state index in [9.17, 15) is 13.2 Å². The van der Waals surface area contributed by atoms with Crippen LogP contribution in [0.5, 0.6) is 5.75 Å². The minimum absolute atomic E-state index is 0.0790. The van der Waals surface area contributed by atoms with Crippen molar-refractivity contribution in [3.05, 3.63) is 24.3 Å². The molecule has 124 valence electrons. The van der Waals surface area contributed by atoms with Crippen LogP contribution in [0.1, 0.15) is 13.8 Å². The summed E-state index contributed by atoms with van der Waals surface area (Å²) >= 11 is 1.37. The van der Waals surface area contributed by atoms with Crippen molar-refractivity contribution in [1.82, 2.24) is 0 Å². The van der Waals surface area contributed by atoms with Crippen molar-refractivity contribution in [2.45, 2.75) is 25.1 Å². The van der Waals surface area contributed by atoms with Crippen LogP contribution in [-0.4, -0.2) is 48.9 Å². The lowest BCUT2D eigenvalue weighted by Crippen LogP contribution is -2.37. The van der Waals surface area contributed by atoms with E-state index in [0.29, 0.717) is 11.8 Å². The number of carbonyl (C=O) groups is 1. The zero-order chi connectivity index (χ0) is 16.6. The maximum Gasteiger partial charge on any atom is 0.244 e. The Morgan fingerprint density at radius 3 is 2.65 bits per heavy atom. The molecule has 2 heterocycles. The number of carbonyl (C=O) groups excluding carboxylic acids is 1. The molecule has 2 atom stereocenters. The first-order chi connectivity index (χ1) is 10.9. The smallest absolute Gasteiger partial charge is 0.244 e. The third-order valence-corrected chi connectivity index (χ3v) is 6.96. The van der Waals surface area contributed by atoms with Crippen LogP contribution in [0.15, 0.2) is 29.3 Å². The van der Waals surface area contributed by atoms with Gasteiger partial charge in [-0.05, 0) is 31.2 Å². The predicted octanol–water partition coefficient (Wildman–Crippen LogP) is 1.71. The van der Waals surface area contributed by atoms with E-state index >= 15 is 0 Å². The lowest BCUT2D eigenvalue weighted by molar-refractivity contribution is -0.115. The quantitative estimate of drug-likeness (QED) is 0.822. The van der Waals surface area contributed by atoms with E-state index in [4.69, 9.17) is 4.74 Å². The molecule has 23 heavy (non-hydrogen) atoms. The molecule has 0 bridgehead atoms. The van der Waals surface area contributed by atoms with E-state index in [1.807, 2.05) is 36.1 Å². The Kier molecular flexibility index (Phi) is 4.37. The summed E-state index contributed by atoms with van der Waals surface area (Å²) in [6, 6.07) is 7.24. The van der Waals surface area contributed by atoms with Crippen LogP contribution in [0, 0.1) is 0 Å². The van der Waals surface area contributed by atoms with E-state index in [2.05, 4.69) is 4.99 Å². The van der Waals surface area contributed by atoms with Gasteiger partial charge in [0.15, 0.2) is 15.0 Å². The van der Waals surface area contributed by atoms with Gasteiger partial charge in [-0.3, -0.25) is 4.79 Å². The normalized spacial score (nSPS) is 27.2. The highest BCUT2D eigenvalue weighted by Gasteiger charge is 2.49. The number of amidine groups is 1. The number of fused-ring (bicyclic) bond motifs is 1. The van der Waals surface area contributed by atoms with Crippen LogP contribution < -0.4 is 9.64 Å². The number of ether oxygens (including phenoxy) is 1. The number of anilines is 1. The minimum Gasteiger partial charge on any atom is -0.494 e. The fraction of sp³-hybridized carbons (Fsp3) is 0.467. The van der Waals surface area contributed by atoms with E-state index < -0.39 is 9.84 Å². The van der Waals surface area contributed by atoms with Crippen LogP contribution in [0.3, 0.4) is 0 Å². The van der Waals surface area contributed by atoms with Crippen molar-refractivity contribution < 1.29 is 17.9 Å². The third-order valence-electron chi connectivity index (χ3n) is 3.75. The molecule has 2 aliphatic heterocycles. The zero-order valence-electron chi connectivity index (χ0n) is 12.9. The Bertz CT molecular complexity index is 743. The lowest BCUT2D eigenvalue weighted by Gasteiger charge is -2.24. The second-order valence-corrected chi connectivity index (χ2v) is 8.87. The van der Waals surface area contributed by atoms with E-state index in [1.54, 1.807) is 0 Å². The average Bonchev–Trinajstić information content (AvgIpc) is 2.90. The first-order valence-electron chi connectivity index (χ1n) is 7.38. The van der Waals surface area contributed by atoms with Gasteiger partial charge in [0.05, 0.1) is 24.2 Å². The SMILES string of the molecule is CCOc1ccc(N2C(=NC(C)=O)S[C@@H]3CS(=O)(=O)C[C@H]32)cc1. The van der Waals surface area contributed by atoms with Crippen LogP contribution in [0.2, 0.25) is 0 Å². The number of sulfone groups is 1. The largest absolute Gasteiger partial charge is 0.494 e. The lowest BCUT2D eigenvalue weighted by atomic mass is 10.2. The van der Waals surface area contributed by atoms with Gasteiger partial charge in [-0.1, -0.05) is 11.8 Å². The molecule has 8 heteroatoms. The van der Waals surface area contributed by atoms with Crippen LogP contribution >= 0.6 is 11.8 Å². The van der Waals surface area contributed by atoms with E-state index in [1.165, 1.54) is 18.7 Å². The monoisotopic (exact) mass is 354 g/mol. The van der Waals surface area contributed by atoms with Gasteiger partial charge in [0, 0.05) is 17.9 Å². The number of rotatable bonds is 3. The Balaban J connectivity index is 1.95. The molecule has 1 aromatic rings. The number of amides is 1. The third kappa shape index (κ3) is 3.37. The first kappa shape index (κ1) is 16.3. The molecular formula is C15H18N2O4S2. The van der Waals surface area contributed by atoms with E-state index in [0.717, 1.165) is 11.4 Å². The van der Waals surface area contributed by atoms with Gasteiger partial charge in [0.1, 0.15) is 5.75 Å². The molecular weight excluding hydrogens is 336 g/mol. The second-order valence-electron chi connectivity index (χ2n) is 5.51. The summed E-state index contributed by atoms with van der Waals surface area (Å²) in [5.41, 5.74) is 0.825. The minimum atomic E-state index is -3.04. The molecule has 0 aromatic heterocycles. The topological polar surface area (TPSA) is 76.0 Å². The van der Waals surface area contributed by atoms with Gasteiger partial charge >= 0.3 is 0 Å². The van der Waals surface area contributed by atoms with Gasteiger partial charge in [-0.2, -0.15) is 4.99 Å². The molecule has 0 aliphatic carbocycles. The molecule has 2 saturated heterocycles. The molecule has 1 amide bonds. The van der Waals surface area contributed by atoms with Crippen molar-refractivity contribution in [2.75, 3.05) is 23.0 Å². The number of nitrogens with zero attached hydrogens (tertiary/aromatic N) is 2. The average molecular weight is 354 g/mol. The molecule has 3 rings (SSSR count). The van der Waals surface area contributed by atoms with Gasteiger partial charge in [-0.15, -0.1) is 0 Å². The highest BCUT2D eigenvalue weighted by atomic mass is 32.2. The summed E-state index contributed by atoms with van der Waals surface area (Å²) < 4.78 is 29.3. The Hall–Kier alpha value is -1.54. The fourth-order valence-corrected chi connectivity index (χ4v) is 6.83. The predicted molar refractivity (Wildman–Crippen MR) is 92.0 cm³/mol. The van der Waals surface area contributed by atoms with E-state index in [-0.39, 0.29) is 28.7 Å². The highest BCUT2D eigenvalue weighted by molar-refractivity contribution is 8.16.